The SMILES string of the molecule is Cl.NCc1ccc2c(c1)NC(=O)CO2.O=C(O)c1nc2cccc(F)c2c(=O)[nH]1. The summed E-state index contributed by atoms with van der Waals surface area (Å²) in [6.45, 7) is 0.554. The number of aromatic carboxylic acids is 1. The first-order chi connectivity index (χ1) is 13.4. The first-order valence-electron chi connectivity index (χ1n) is 8.06. The van der Waals surface area contributed by atoms with Gasteiger partial charge < -0.3 is 25.9 Å². The maximum atomic E-state index is 13.2. The molecule has 29 heavy (non-hydrogen) atoms. The summed E-state index contributed by atoms with van der Waals surface area (Å²) in [5.74, 6) is -2.01. The molecule has 0 radical (unpaired) electrons. The summed E-state index contributed by atoms with van der Waals surface area (Å²) < 4.78 is 18.4. The van der Waals surface area contributed by atoms with Gasteiger partial charge in [-0.1, -0.05) is 12.1 Å². The molecule has 5 N–H and O–H groups in total. The van der Waals surface area contributed by atoms with E-state index in [-0.39, 0.29) is 35.8 Å². The Morgan fingerprint density at radius 1 is 1.28 bits per heavy atom. The van der Waals surface area contributed by atoms with E-state index < -0.39 is 23.2 Å². The van der Waals surface area contributed by atoms with Crippen LogP contribution < -0.4 is 21.3 Å². The molecular formula is C18H16ClFN4O5. The largest absolute Gasteiger partial charge is 0.482 e. The molecule has 0 unspecified atom stereocenters. The Morgan fingerprint density at radius 2 is 2.03 bits per heavy atom. The summed E-state index contributed by atoms with van der Waals surface area (Å²) in [6, 6.07) is 9.37. The van der Waals surface area contributed by atoms with Crippen LogP contribution in [0.15, 0.2) is 41.2 Å². The number of hydrogen-bond acceptors (Lipinski definition) is 6. The van der Waals surface area contributed by atoms with E-state index in [1.807, 2.05) is 23.2 Å². The Balaban J connectivity index is 0.000000202. The third-order valence-electron chi connectivity index (χ3n) is 3.80. The zero-order valence-electron chi connectivity index (χ0n) is 14.8. The summed E-state index contributed by atoms with van der Waals surface area (Å²) in [4.78, 5) is 38.4. The van der Waals surface area contributed by atoms with E-state index in [2.05, 4.69) is 10.3 Å². The van der Waals surface area contributed by atoms with Crippen LogP contribution in [-0.2, 0) is 11.3 Å². The van der Waals surface area contributed by atoms with Crippen LogP contribution >= 0.6 is 12.4 Å². The molecule has 1 aliphatic heterocycles. The van der Waals surface area contributed by atoms with Crippen molar-refractivity contribution in [2.75, 3.05) is 11.9 Å². The molecule has 1 aliphatic rings. The average molecular weight is 423 g/mol. The number of rotatable bonds is 2. The number of hydrogen-bond donors (Lipinski definition) is 4. The molecule has 2 heterocycles. The molecule has 2 aromatic carbocycles. The number of halogens is 2. The van der Waals surface area contributed by atoms with Crippen molar-refractivity contribution in [3.8, 4) is 5.75 Å². The number of amides is 1. The van der Waals surface area contributed by atoms with Crippen LogP contribution in [0, 0.1) is 5.82 Å². The molecule has 0 bridgehead atoms. The smallest absolute Gasteiger partial charge is 0.372 e. The van der Waals surface area contributed by atoms with Crippen LogP contribution in [0.3, 0.4) is 0 Å². The number of aromatic nitrogens is 2. The molecule has 152 valence electrons. The van der Waals surface area contributed by atoms with Crippen molar-refractivity contribution >= 4 is 40.9 Å². The molecule has 9 nitrogen and oxygen atoms in total. The highest BCUT2D eigenvalue weighted by molar-refractivity contribution is 5.95. The van der Waals surface area contributed by atoms with Crippen LogP contribution in [0.5, 0.6) is 5.75 Å². The van der Waals surface area contributed by atoms with Gasteiger partial charge in [0.1, 0.15) is 17.0 Å². The zero-order valence-corrected chi connectivity index (χ0v) is 15.6. The Bertz CT molecular complexity index is 1130. The van der Waals surface area contributed by atoms with Crippen molar-refractivity contribution in [2.24, 2.45) is 5.73 Å². The Labute approximate surface area is 169 Å². The predicted octanol–water partition coefficient (Wildman–Crippen LogP) is 1.66. The summed E-state index contributed by atoms with van der Waals surface area (Å²) in [5, 5.41) is 11.1. The second-order valence-electron chi connectivity index (χ2n) is 5.73. The molecule has 3 aromatic rings. The fraction of sp³-hybridized carbons (Fsp3) is 0.111. The lowest BCUT2D eigenvalue weighted by Gasteiger charge is -2.18. The highest BCUT2D eigenvalue weighted by Gasteiger charge is 2.15. The number of H-pyrrole nitrogens is 1. The molecular weight excluding hydrogens is 407 g/mol. The zero-order chi connectivity index (χ0) is 20.3. The van der Waals surface area contributed by atoms with Gasteiger partial charge in [-0.25, -0.2) is 14.2 Å². The van der Waals surface area contributed by atoms with Gasteiger partial charge in [0.05, 0.1) is 11.2 Å². The maximum Gasteiger partial charge on any atom is 0.372 e. The Morgan fingerprint density at radius 3 is 2.72 bits per heavy atom. The fourth-order valence-corrected chi connectivity index (χ4v) is 2.51. The standard InChI is InChI=1S/C9H5FN2O3.C9H10N2O2.ClH/c10-4-2-1-3-5-6(4)8(13)12-7(11-5)9(14)15;10-4-6-1-2-8-7(3-6)11-9(12)5-13-8;/h1-3H,(H,14,15)(H,11,12,13);1-3H,4-5,10H2,(H,11,12);1H. The van der Waals surface area contributed by atoms with E-state index in [9.17, 15) is 18.8 Å². The van der Waals surface area contributed by atoms with Crippen LogP contribution in [0.2, 0.25) is 0 Å². The van der Waals surface area contributed by atoms with E-state index in [4.69, 9.17) is 15.6 Å². The van der Waals surface area contributed by atoms with Crippen LogP contribution in [0.4, 0.5) is 10.1 Å². The molecule has 11 heteroatoms. The van der Waals surface area contributed by atoms with Gasteiger partial charge in [0.2, 0.25) is 5.82 Å². The topological polar surface area (TPSA) is 147 Å². The number of anilines is 1. The normalized spacial score (nSPS) is 11.9. The predicted molar refractivity (Wildman–Crippen MR) is 105 cm³/mol. The lowest BCUT2D eigenvalue weighted by molar-refractivity contribution is -0.118. The average Bonchev–Trinajstić information content (AvgIpc) is 2.67. The number of carboxylic acids is 1. The molecule has 0 saturated heterocycles. The second kappa shape index (κ2) is 9.13. The number of carbonyl (C=O) groups excluding carboxylic acids is 1. The number of nitrogens with one attached hydrogen (secondary N) is 2. The van der Waals surface area contributed by atoms with Crippen LogP contribution in [-0.4, -0.2) is 33.6 Å². The molecule has 0 aliphatic carbocycles. The Hall–Kier alpha value is -3.50. The summed E-state index contributed by atoms with van der Waals surface area (Å²) in [5.41, 5.74) is 6.38. The number of nitrogens with zero attached hydrogens (tertiary/aromatic N) is 1. The summed E-state index contributed by atoms with van der Waals surface area (Å²) >= 11 is 0. The van der Waals surface area contributed by atoms with Crippen LogP contribution in [0.25, 0.3) is 10.9 Å². The number of fused-ring (bicyclic) bond motifs is 2. The van der Waals surface area contributed by atoms with E-state index >= 15 is 0 Å². The monoisotopic (exact) mass is 422 g/mol. The van der Waals surface area contributed by atoms with Gasteiger partial charge in [0.15, 0.2) is 6.61 Å². The number of benzene rings is 2. The van der Waals surface area contributed by atoms with Gasteiger partial charge in [-0.2, -0.15) is 0 Å². The minimum Gasteiger partial charge on any atom is -0.482 e. The van der Waals surface area contributed by atoms with Gasteiger partial charge in [0, 0.05) is 6.54 Å². The number of carboxylic acid groups (broad SMARTS) is 1. The number of carbonyl (C=O) groups is 2. The highest BCUT2D eigenvalue weighted by atomic mass is 35.5. The first-order valence-corrected chi connectivity index (χ1v) is 8.06. The fourth-order valence-electron chi connectivity index (χ4n) is 2.51. The van der Waals surface area contributed by atoms with Crippen molar-refractivity contribution in [3.63, 3.8) is 0 Å². The minimum absolute atomic E-state index is 0. The molecule has 1 amide bonds. The highest BCUT2D eigenvalue weighted by Crippen LogP contribution is 2.28. The molecule has 0 atom stereocenters. The van der Waals surface area contributed by atoms with Gasteiger partial charge >= 0.3 is 5.97 Å². The quantitative estimate of drug-likeness (QED) is 0.490. The maximum absolute atomic E-state index is 13.2. The van der Waals surface area contributed by atoms with Gasteiger partial charge in [-0.3, -0.25) is 9.59 Å². The molecule has 0 saturated carbocycles. The lowest BCUT2D eigenvalue weighted by atomic mass is 10.1. The van der Waals surface area contributed by atoms with Crippen molar-refractivity contribution in [1.82, 2.24) is 9.97 Å². The Kier molecular flexibility index (Phi) is 6.86. The van der Waals surface area contributed by atoms with Crippen LogP contribution in [0.1, 0.15) is 16.2 Å². The van der Waals surface area contributed by atoms with Gasteiger partial charge in [0.25, 0.3) is 11.5 Å². The summed E-state index contributed by atoms with van der Waals surface area (Å²) in [6.07, 6.45) is 0. The van der Waals surface area contributed by atoms with Crippen molar-refractivity contribution in [3.05, 3.63) is 64.0 Å². The minimum atomic E-state index is -1.36. The number of ether oxygens (including phenoxy) is 1. The molecule has 4 rings (SSSR count). The van der Waals surface area contributed by atoms with Crippen molar-refractivity contribution < 1.29 is 23.8 Å². The third kappa shape index (κ3) is 4.86. The van der Waals surface area contributed by atoms with E-state index in [0.717, 1.165) is 11.6 Å². The van der Waals surface area contributed by atoms with Gasteiger partial charge in [-0.05, 0) is 29.8 Å². The van der Waals surface area contributed by atoms with Gasteiger partial charge in [-0.15, -0.1) is 12.4 Å². The number of nitrogens with two attached hydrogens (primary N) is 1. The second-order valence-corrected chi connectivity index (χ2v) is 5.73. The number of aromatic amines is 1. The molecule has 0 fully saturated rings. The molecule has 0 spiro atoms. The third-order valence-corrected chi connectivity index (χ3v) is 3.80. The van der Waals surface area contributed by atoms with E-state index in [1.165, 1.54) is 12.1 Å². The lowest BCUT2D eigenvalue weighted by Crippen LogP contribution is -2.25. The molecule has 1 aromatic heterocycles. The van der Waals surface area contributed by atoms with E-state index in [0.29, 0.717) is 18.0 Å². The summed E-state index contributed by atoms with van der Waals surface area (Å²) in [7, 11) is 0. The van der Waals surface area contributed by atoms with Crippen molar-refractivity contribution in [1.29, 1.82) is 0 Å². The van der Waals surface area contributed by atoms with Crippen molar-refractivity contribution in [2.45, 2.75) is 6.54 Å². The van der Waals surface area contributed by atoms with E-state index in [1.54, 1.807) is 0 Å². The first kappa shape index (κ1) is 21.8.